The van der Waals surface area contributed by atoms with Gasteiger partial charge in [0.1, 0.15) is 5.75 Å². The summed E-state index contributed by atoms with van der Waals surface area (Å²) in [5.41, 5.74) is 2.98. The van der Waals surface area contributed by atoms with Crippen molar-refractivity contribution < 1.29 is 9.53 Å². The first-order valence-corrected chi connectivity index (χ1v) is 6.57. The predicted molar refractivity (Wildman–Crippen MR) is 72.3 cm³/mol. The summed E-state index contributed by atoms with van der Waals surface area (Å²) in [6, 6.07) is 9.39. The van der Waals surface area contributed by atoms with Gasteiger partial charge in [0, 0.05) is 12.4 Å². The number of pyridine rings is 1. The molecule has 19 heavy (non-hydrogen) atoms. The van der Waals surface area contributed by atoms with Gasteiger partial charge in [-0.3, -0.25) is 4.98 Å². The third-order valence-electron chi connectivity index (χ3n) is 3.45. The molecule has 1 aliphatic rings. The maximum absolute atomic E-state index is 12.0. The lowest BCUT2D eigenvalue weighted by Crippen LogP contribution is -2.12. The van der Waals surface area contributed by atoms with Crippen molar-refractivity contribution in [2.24, 2.45) is 0 Å². The molecule has 1 aromatic carbocycles. The van der Waals surface area contributed by atoms with Crippen molar-refractivity contribution in [1.82, 2.24) is 4.98 Å². The first kappa shape index (κ1) is 11.9. The molecule has 0 atom stereocenters. The van der Waals surface area contributed by atoms with Crippen LogP contribution in [0, 0.1) is 0 Å². The molecule has 0 unspecified atom stereocenters. The highest BCUT2D eigenvalue weighted by Crippen LogP contribution is 2.29. The summed E-state index contributed by atoms with van der Waals surface area (Å²) in [5.74, 6) is 0.359. The van der Waals surface area contributed by atoms with Crippen molar-refractivity contribution in [3.63, 3.8) is 0 Å². The van der Waals surface area contributed by atoms with Gasteiger partial charge in [0.15, 0.2) is 0 Å². The van der Waals surface area contributed by atoms with Crippen molar-refractivity contribution in [3.05, 3.63) is 59.4 Å². The lowest BCUT2D eigenvalue weighted by molar-refractivity contribution is 0.0732. The van der Waals surface area contributed by atoms with Crippen LogP contribution in [0.5, 0.6) is 5.75 Å². The molecule has 1 heterocycles. The number of hydrogen-bond donors (Lipinski definition) is 0. The molecule has 0 spiro atoms. The van der Waals surface area contributed by atoms with Gasteiger partial charge in [-0.15, -0.1) is 0 Å². The van der Waals surface area contributed by atoms with Crippen LogP contribution in [0.1, 0.15) is 34.3 Å². The van der Waals surface area contributed by atoms with Crippen LogP contribution in [0.2, 0.25) is 0 Å². The van der Waals surface area contributed by atoms with Crippen LogP contribution >= 0.6 is 0 Å². The Hall–Kier alpha value is -2.16. The molecule has 96 valence electrons. The average molecular weight is 253 g/mol. The fraction of sp³-hybridized carbons (Fsp3) is 0.250. The molecule has 1 aliphatic carbocycles. The fourth-order valence-corrected chi connectivity index (χ4v) is 2.48. The van der Waals surface area contributed by atoms with E-state index in [4.69, 9.17) is 4.74 Å². The largest absolute Gasteiger partial charge is 0.423 e. The van der Waals surface area contributed by atoms with E-state index in [2.05, 4.69) is 11.1 Å². The lowest BCUT2D eigenvalue weighted by atomic mass is 9.91. The second-order valence-electron chi connectivity index (χ2n) is 4.73. The lowest BCUT2D eigenvalue weighted by Gasteiger charge is -2.18. The number of fused-ring (bicyclic) bond motifs is 1. The highest BCUT2D eigenvalue weighted by molar-refractivity contribution is 5.90. The summed E-state index contributed by atoms with van der Waals surface area (Å²) in [4.78, 5) is 16.0. The molecule has 0 amide bonds. The molecule has 0 saturated heterocycles. The Morgan fingerprint density at radius 1 is 1.11 bits per heavy atom. The number of benzene rings is 1. The number of esters is 1. The minimum absolute atomic E-state index is 0.341. The van der Waals surface area contributed by atoms with E-state index in [1.165, 1.54) is 23.7 Å². The Morgan fingerprint density at radius 2 is 2.00 bits per heavy atom. The van der Waals surface area contributed by atoms with Gasteiger partial charge in [0.05, 0.1) is 5.56 Å². The van der Waals surface area contributed by atoms with Gasteiger partial charge in [-0.05, 0) is 55.0 Å². The van der Waals surface area contributed by atoms with Crippen LogP contribution in [0.3, 0.4) is 0 Å². The quantitative estimate of drug-likeness (QED) is 0.609. The summed E-state index contributed by atoms with van der Waals surface area (Å²) in [6.45, 7) is 0. The number of aryl methyl sites for hydroxylation is 1. The van der Waals surface area contributed by atoms with Gasteiger partial charge in [-0.2, -0.15) is 0 Å². The SMILES string of the molecule is O=C(Oc1cccc2c1CCCC2)c1cccnc1. The predicted octanol–water partition coefficient (Wildman–Crippen LogP) is 3.18. The van der Waals surface area contributed by atoms with Crippen molar-refractivity contribution >= 4 is 5.97 Å². The van der Waals surface area contributed by atoms with E-state index in [1.807, 2.05) is 12.1 Å². The summed E-state index contributed by atoms with van der Waals surface area (Å²) < 4.78 is 5.52. The van der Waals surface area contributed by atoms with E-state index in [0.717, 1.165) is 19.3 Å². The third kappa shape index (κ3) is 2.50. The zero-order chi connectivity index (χ0) is 13.1. The molecule has 0 N–H and O–H groups in total. The minimum atomic E-state index is -0.341. The molecule has 0 saturated carbocycles. The smallest absolute Gasteiger partial charge is 0.345 e. The van der Waals surface area contributed by atoms with Crippen LogP contribution in [-0.2, 0) is 12.8 Å². The second kappa shape index (κ2) is 5.22. The number of rotatable bonds is 2. The summed E-state index contributed by atoms with van der Waals surface area (Å²) in [5, 5.41) is 0. The maximum atomic E-state index is 12.0. The van der Waals surface area contributed by atoms with Crippen LogP contribution in [0.25, 0.3) is 0 Å². The number of carbonyl (C=O) groups is 1. The topological polar surface area (TPSA) is 39.2 Å². The Kier molecular flexibility index (Phi) is 3.27. The van der Waals surface area contributed by atoms with E-state index in [0.29, 0.717) is 11.3 Å². The molecule has 1 aromatic heterocycles. The van der Waals surface area contributed by atoms with E-state index in [9.17, 15) is 4.79 Å². The molecular weight excluding hydrogens is 238 g/mol. The first-order valence-electron chi connectivity index (χ1n) is 6.57. The van der Waals surface area contributed by atoms with Crippen molar-refractivity contribution in [2.45, 2.75) is 25.7 Å². The third-order valence-corrected chi connectivity index (χ3v) is 3.45. The van der Waals surface area contributed by atoms with Gasteiger partial charge in [-0.25, -0.2) is 4.79 Å². The molecule has 0 bridgehead atoms. The molecule has 2 aromatic rings. The summed E-state index contributed by atoms with van der Waals surface area (Å²) >= 11 is 0. The molecule has 3 heteroatoms. The zero-order valence-corrected chi connectivity index (χ0v) is 10.6. The van der Waals surface area contributed by atoms with Crippen molar-refractivity contribution in [2.75, 3.05) is 0 Å². The highest BCUT2D eigenvalue weighted by atomic mass is 16.5. The number of aromatic nitrogens is 1. The first-order chi connectivity index (χ1) is 9.34. The number of ether oxygens (including phenoxy) is 1. The van der Waals surface area contributed by atoms with E-state index in [1.54, 1.807) is 18.3 Å². The molecule has 3 nitrogen and oxygen atoms in total. The van der Waals surface area contributed by atoms with Gasteiger partial charge >= 0.3 is 5.97 Å². The van der Waals surface area contributed by atoms with Crippen LogP contribution in [-0.4, -0.2) is 11.0 Å². The van der Waals surface area contributed by atoms with Crippen LogP contribution < -0.4 is 4.74 Å². The monoisotopic (exact) mass is 253 g/mol. The highest BCUT2D eigenvalue weighted by Gasteiger charge is 2.16. The van der Waals surface area contributed by atoms with Crippen LogP contribution in [0.4, 0.5) is 0 Å². The number of carbonyl (C=O) groups excluding carboxylic acids is 1. The van der Waals surface area contributed by atoms with Crippen LogP contribution in [0.15, 0.2) is 42.7 Å². The van der Waals surface area contributed by atoms with Gasteiger partial charge in [-0.1, -0.05) is 12.1 Å². The molecule has 0 aliphatic heterocycles. The van der Waals surface area contributed by atoms with Gasteiger partial charge < -0.3 is 4.74 Å². The zero-order valence-electron chi connectivity index (χ0n) is 10.6. The maximum Gasteiger partial charge on any atom is 0.345 e. The molecular formula is C16H15NO2. The van der Waals surface area contributed by atoms with Gasteiger partial charge in [0.2, 0.25) is 0 Å². The van der Waals surface area contributed by atoms with Gasteiger partial charge in [0.25, 0.3) is 0 Å². The standard InChI is InChI=1S/C16H15NO2/c18-16(13-7-4-10-17-11-13)19-15-9-3-6-12-5-1-2-8-14(12)15/h3-4,6-7,9-11H,1-2,5,8H2. The normalized spacial score (nSPS) is 13.7. The Labute approximate surface area is 112 Å². The number of hydrogen-bond acceptors (Lipinski definition) is 3. The van der Waals surface area contributed by atoms with Crippen molar-refractivity contribution in [1.29, 1.82) is 0 Å². The Balaban J connectivity index is 1.86. The fourth-order valence-electron chi connectivity index (χ4n) is 2.48. The minimum Gasteiger partial charge on any atom is -0.423 e. The molecule has 0 fully saturated rings. The Morgan fingerprint density at radius 3 is 2.84 bits per heavy atom. The Bertz CT molecular complexity index is 593. The molecule has 3 rings (SSSR count). The number of nitrogens with zero attached hydrogens (tertiary/aromatic N) is 1. The van der Waals surface area contributed by atoms with Crippen molar-refractivity contribution in [3.8, 4) is 5.75 Å². The second-order valence-corrected chi connectivity index (χ2v) is 4.73. The average Bonchev–Trinajstić information content (AvgIpc) is 2.48. The van der Waals surface area contributed by atoms with E-state index >= 15 is 0 Å². The molecule has 0 radical (unpaired) electrons. The summed E-state index contributed by atoms with van der Waals surface area (Å²) in [7, 11) is 0. The van der Waals surface area contributed by atoms with E-state index < -0.39 is 0 Å². The van der Waals surface area contributed by atoms with E-state index in [-0.39, 0.29) is 5.97 Å². The summed E-state index contributed by atoms with van der Waals surface area (Å²) in [6.07, 6.45) is 7.61.